The summed E-state index contributed by atoms with van der Waals surface area (Å²) >= 11 is 0. The molecule has 0 saturated heterocycles. The highest BCUT2D eigenvalue weighted by Gasteiger charge is 2.20. The van der Waals surface area contributed by atoms with Crippen molar-refractivity contribution in [3.8, 4) is 22.8 Å². The maximum Gasteiger partial charge on any atom is 0.259 e. The van der Waals surface area contributed by atoms with E-state index in [2.05, 4.69) is 15.4 Å². The van der Waals surface area contributed by atoms with Crippen molar-refractivity contribution in [3.05, 3.63) is 90.4 Å². The molecule has 0 saturated carbocycles. The number of fused-ring (bicyclic) bond motifs is 1. The summed E-state index contributed by atoms with van der Waals surface area (Å²) in [5, 5.41) is 7.59. The number of anilines is 1. The lowest BCUT2D eigenvalue weighted by molar-refractivity contribution is 0.102. The van der Waals surface area contributed by atoms with E-state index in [0.29, 0.717) is 35.0 Å². The Morgan fingerprint density at radius 2 is 1.90 bits per heavy atom. The van der Waals surface area contributed by atoms with Crippen molar-refractivity contribution in [1.29, 1.82) is 0 Å². The summed E-state index contributed by atoms with van der Waals surface area (Å²) in [5.74, 6) is 1.02. The van der Waals surface area contributed by atoms with Gasteiger partial charge in [0.1, 0.15) is 5.69 Å². The van der Waals surface area contributed by atoms with Crippen molar-refractivity contribution in [3.63, 3.8) is 0 Å². The van der Waals surface area contributed by atoms with Crippen LogP contribution in [-0.4, -0.2) is 27.5 Å². The van der Waals surface area contributed by atoms with Gasteiger partial charge in [0.15, 0.2) is 11.5 Å². The summed E-state index contributed by atoms with van der Waals surface area (Å²) in [4.78, 5) is 17.3. The van der Waals surface area contributed by atoms with Crippen LogP contribution in [0.15, 0.2) is 79.3 Å². The second-order valence-electron chi connectivity index (χ2n) is 6.84. The maximum atomic E-state index is 13.1. The fourth-order valence-electron chi connectivity index (χ4n) is 3.33. The van der Waals surface area contributed by atoms with Gasteiger partial charge in [-0.3, -0.25) is 14.5 Å². The third-order valence-corrected chi connectivity index (χ3v) is 4.76. The number of rotatable bonds is 5. The molecule has 0 bridgehead atoms. The Hall–Kier alpha value is -4.13. The third-order valence-electron chi connectivity index (χ3n) is 4.76. The second-order valence-corrected chi connectivity index (χ2v) is 6.84. The van der Waals surface area contributed by atoms with Crippen LogP contribution in [0, 0.1) is 0 Å². The molecule has 0 radical (unpaired) electrons. The summed E-state index contributed by atoms with van der Waals surface area (Å²) < 4.78 is 12.5. The van der Waals surface area contributed by atoms with E-state index in [9.17, 15) is 4.79 Å². The molecule has 1 N–H and O–H groups in total. The number of aromatic nitrogens is 3. The van der Waals surface area contributed by atoms with Crippen molar-refractivity contribution in [2.24, 2.45) is 0 Å². The normalized spacial score (nSPS) is 12.0. The predicted octanol–water partition coefficient (Wildman–Crippen LogP) is 3.97. The van der Waals surface area contributed by atoms with Gasteiger partial charge in [-0.15, -0.1) is 0 Å². The minimum absolute atomic E-state index is 0.185. The number of nitrogens with zero attached hydrogens (tertiary/aromatic N) is 3. The summed E-state index contributed by atoms with van der Waals surface area (Å²) in [6.07, 6.45) is 5.15. The van der Waals surface area contributed by atoms with E-state index in [4.69, 9.17) is 9.47 Å². The smallest absolute Gasteiger partial charge is 0.259 e. The van der Waals surface area contributed by atoms with Crippen LogP contribution in [-0.2, 0) is 6.54 Å². The molecule has 5 rings (SSSR count). The van der Waals surface area contributed by atoms with Gasteiger partial charge >= 0.3 is 0 Å². The largest absolute Gasteiger partial charge is 0.454 e. The first-order valence-corrected chi connectivity index (χ1v) is 9.49. The van der Waals surface area contributed by atoms with Crippen LogP contribution in [0.5, 0.6) is 11.5 Å². The molecule has 3 heterocycles. The lowest BCUT2D eigenvalue weighted by Gasteiger charge is -2.06. The number of carbonyl (C=O) groups is 1. The summed E-state index contributed by atoms with van der Waals surface area (Å²) in [6, 6.07) is 19.0. The SMILES string of the molecule is O=C(Nc1ccc2c(c1)OCO2)c1cn(Cc2ccccc2)nc1-c1cccnc1. The third kappa shape index (κ3) is 3.60. The molecule has 4 aromatic rings. The highest BCUT2D eigenvalue weighted by molar-refractivity contribution is 6.08. The topological polar surface area (TPSA) is 78.3 Å². The lowest BCUT2D eigenvalue weighted by Crippen LogP contribution is -2.12. The number of pyridine rings is 1. The van der Waals surface area contributed by atoms with Gasteiger partial charge in [0.25, 0.3) is 5.91 Å². The van der Waals surface area contributed by atoms with Gasteiger partial charge in [-0.25, -0.2) is 0 Å². The Balaban J connectivity index is 1.47. The van der Waals surface area contributed by atoms with Gasteiger partial charge in [-0.1, -0.05) is 30.3 Å². The number of hydrogen-bond acceptors (Lipinski definition) is 5. The molecule has 2 aromatic carbocycles. The summed E-state index contributed by atoms with van der Waals surface area (Å²) in [5.41, 5.74) is 3.55. The Bertz CT molecular complexity index is 1190. The van der Waals surface area contributed by atoms with E-state index >= 15 is 0 Å². The number of amides is 1. The van der Waals surface area contributed by atoms with Crippen molar-refractivity contribution in [2.45, 2.75) is 6.54 Å². The molecule has 0 aliphatic carbocycles. The predicted molar refractivity (Wildman–Crippen MR) is 112 cm³/mol. The van der Waals surface area contributed by atoms with Crippen LogP contribution in [0.1, 0.15) is 15.9 Å². The van der Waals surface area contributed by atoms with E-state index in [1.165, 1.54) is 0 Å². The van der Waals surface area contributed by atoms with Crippen molar-refractivity contribution >= 4 is 11.6 Å². The van der Waals surface area contributed by atoms with E-state index < -0.39 is 0 Å². The first kappa shape index (κ1) is 17.9. The van der Waals surface area contributed by atoms with Crippen LogP contribution in [0.25, 0.3) is 11.3 Å². The van der Waals surface area contributed by atoms with Gasteiger partial charge < -0.3 is 14.8 Å². The number of hydrogen-bond donors (Lipinski definition) is 1. The van der Waals surface area contributed by atoms with Crippen LogP contribution in [0.2, 0.25) is 0 Å². The highest BCUT2D eigenvalue weighted by Crippen LogP contribution is 2.34. The zero-order valence-corrected chi connectivity index (χ0v) is 16.0. The minimum Gasteiger partial charge on any atom is -0.454 e. The Morgan fingerprint density at radius 3 is 2.73 bits per heavy atom. The second kappa shape index (κ2) is 7.71. The molecule has 0 spiro atoms. The Morgan fingerprint density at radius 1 is 1.03 bits per heavy atom. The fraction of sp³-hybridized carbons (Fsp3) is 0.0870. The zero-order valence-electron chi connectivity index (χ0n) is 16.0. The van der Waals surface area contributed by atoms with Crippen molar-refractivity contribution in [2.75, 3.05) is 12.1 Å². The molecule has 0 atom stereocenters. The number of ether oxygens (including phenoxy) is 2. The van der Waals surface area contributed by atoms with E-state index in [1.807, 2.05) is 42.5 Å². The number of nitrogens with one attached hydrogen (secondary N) is 1. The minimum atomic E-state index is -0.257. The van der Waals surface area contributed by atoms with Crippen LogP contribution >= 0.6 is 0 Å². The summed E-state index contributed by atoms with van der Waals surface area (Å²) in [7, 11) is 0. The molecule has 7 nitrogen and oxygen atoms in total. The maximum absolute atomic E-state index is 13.1. The summed E-state index contributed by atoms with van der Waals surface area (Å²) in [6.45, 7) is 0.746. The molecular formula is C23H18N4O3. The molecule has 0 unspecified atom stereocenters. The Labute approximate surface area is 172 Å². The number of carbonyl (C=O) groups excluding carboxylic acids is 1. The van der Waals surface area contributed by atoms with Crippen molar-refractivity contribution in [1.82, 2.24) is 14.8 Å². The lowest BCUT2D eigenvalue weighted by atomic mass is 10.1. The first-order valence-electron chi connectivity index (χ1n) is 9.49. The molecule has 1 aliphatic heterocycles. The molecule has 7 heteroatoms. The fourth-order valence-corrected chi connectivity index (χ4v) is 3.33. The van der Waals surface area contributed by atoms with E-state index in [0.717, 1.165) is 11.1 Å². The van der Waals surface area contributed by atoms with E-state index in [1.54, 1.807) is 41.5 Å². The highest BCUT2D eigenvalue weighted by atomic mass is 16.7. The molecule has 148 valence electrons. The molecule has 1 amide bonds. The van der Waals surface area contributed by atoms with Crippen molar-refractivity contribution < 1.29 is 14.3 Å². The monoisotopic (exact) mass is 398 g/mol. The zero-order chi connectivity index (χ0) is 20.3. The van der Waals surface area contributed by atoms with Gasteiger partial charge in [-0.05, 0) is 29.8 Å². The molecule has 30 heavy (non-hydrogen) atoms. The van der Waals surface area contributed by atoms with Gasteiger partial charge in [0.2, 0.25) is 6.79 Å². The molecule has 0 fully saturated rings. The molecular weight excluding hydrogens is 380 g/mol. The molecule has 1 aliphatic rings. The number of benzene rings is 2. The average molecular weight is 398 g/mol. The quantitative estimate of drug-likeness (QED) is 0.550. The van der Waals surface area contributed by atoms with Crippen LogP contribution in [0.4, 0.5) is 5.69 Å². The van der Waals surface area contributed by atoms with Gasteiger partial charge in [0, 0.05) is 35.9 Å². The molecule has 2 aromatic heterocycles. The van der Waals surface area contributed by atoms with Gasteiger partial charge in [-0.2, -0.15) is 5.10 Å². The van der Waals surface area contributed by atoms with Crippen LogP contribution in [0.3, 0.4) is 0 Å². The van der Waals surface area contributed by atoms with E-state index in [-0.39, 0.29) is 12.7 Å². The van der Waals surface area contributed by atoms with Crippen LogP contribution < -0.4 is 14.8 Å². The first-order chi connectivity index (χ1) is 14.8. The van der Waals surface area contributed by atoms with Gasteiger partial charge in [0.05, 0.1) is 12.1 Å². The Kier molecular flexibility index (Phi) is 4.61. The standard InChI is InChI=1S/C23H18N4O3/c28-23(25-18-8-9-20-21(11-18)30-15-29-20)19-14-27(13-16-5-2-1-3-6-16)26-22(19)17-7-4-10-24-12-17/h1-12,14H,13,15H2,(H,25,28). The average Bonchev–Trinajstić information content (AvgIpc) is 3.42.